The van der Waals surface area contributed by atoms with Crippen molar-refractivity contribution in [2.45, 2.75) is 27.1 Å². The van der Waals surface area contributed by atoms with Crippen molar-refractivity contribution in [3.63, 3.8) is 0 Å². The molecule has 0 unspecified atom stereocenters. The number of halogens is 1. The van der Waals surface area contributed by atoms with Crippen molar-refractivity contribution in [2.24, 2.45) is 17.4 Å². The van der Waals surface area contributed by atoms with E-state index in [-0.39, 0.29) is 24.9 Å². The minimum atomic E-state index is -0.322. The van der Waals surface area contributed by atoms with Gasteiger partial charge >= 0.3 is 11.7 Å². The van der Waals surface area contributed by atoms with Crippen LogP contribution in [-0.4, -0.2) is 37.9 Å². The molecule has 0 bridgehead atoms. The van der Waals surface area contributed by atoms with Crippen molar-refractivity contribution in [1.29, 1.82) is 0 Å². The van der Waals surface area contributed by atoms with E-state index in [4.69, 9.17) is 18.8 Å². The van der Waals surface area contributed by atoms with Crippen LogP contribution in [0.15, 0.2) is 103 Å². The van der Waals surface area contributed by atoms with Crippen LogP contribution in [0.2, 0.25) is 0 Å². The lowest BCUT2D eigenvalue weighted by Gasteiger charge is -2.10. The zero-order chi connectivity index (χ0) is 30.3. The number of benzene rings is 3. The van der Waals surface area contributed by atoms with Crippen molar-refractivity contribution in [1.82, 2.24) is 19.3 Å². The van der Waals surface area contributed by atoms with Crippen molar-refractivity contribution in [2.75, 3.05) is 7.11 Å². The van der Waals surface area contributed by atoms with Crippen LogP contribution in [0.25, 0.3) is 17.1 Å². The Bertz CT molecular complexity index is 1820. The number of rotatable bonds is 11. The van der Waals surface area contributed by atoms with Gasteiger partial charge in [-0.15, -0.1) is 5.10 Å². The number of oxazole rings is 1. The number of aryl methyl sites for hydroxylation is 1. The normalized spacial score (nSPS) is 11.9. The number of aromatic nitrogens is 4. The molecule has 43 heavy (non-hydrogen) atoms. The largest absolute Gasteiger partial charge is 0.467 e. The first-order chi connectivity index (χ1) is 20.8. The van der Waals surface area contributed by atoms with Crippen molar-refractivity contribution in [3.05, 3.63) is 116 Å². The lowest BCUT2D eigenvalue weighted by atomic mass is 10.1. The van der Waals surface area contributed by atoms with Gasteiger partial charge < -0.3 is 18.8 Å². The molecule has 0 saturated heterocycles. The molecule has 2 aromatic heterocycles. The number of ether oxygens (including phenoxy) is 1. The van der Waals surface area contributed by atoms with E-state index in [1.807, 2.05) is 80.6 Å². The Morgan fingerprint density at radius 1 is 0.907 bits per heavy atom. The lowest BCUT2D eigenvalue weighted by molar-refractivity contribution is 0.127. The van der Waals surface area contributed by atoms with Crippen molar-refractivity contribution >= 4 is 27.4 Å². The van der Waals surface area contributed by atoms with E-state index >= 15 is 0 Å². The number of oxime groups is 2. The van der Waals surface area contributed by atoms with Crippen molar-refractivity contribution < 1.29 is 18.8 Å². The van der Waals surface area contributed by atoms with Crippen LogP contribution in [0.4, 0.5) is 0 Å². The Morgan fingerprint density at radius 3 is 2.19 bits per heavy atom. The molecule has 0 aliphatic rings. The quantitative estimate of drug-likeness (QED) is 0.130. The fraction of sp³-hybridized carbons (Fsp3) is 0.194. The molecule has 0 amide bonds. The molecule has 0 atom stereocenters. The van der Waals surface area contributed by atoms with Gasteiger partial charge in [0.25, 0.3) is 0 Å². The summed E-state index contributed by atoms with van der Waals surface area (Å²) in [5.74, 6) is 0.525. The highest BCUT2D eigenvalue weighted by Crippen LogP contribution is 2.22. The number of para-hydroxylation sites is 1. The molecule has 3 aromatic carbocycles. The third-order valence-corrected chi connectivity index (χ3v) is 7.04. The first kappa shape index (κ1) is 29.5. The summed E-state index contributed by atoms with van der Waals surface area (Å²) in [4.78, 5) is 28.3. The molecule has 2 heterocycles. The highest BCUT2D eigenvalue weighted by Gasteiger charge is 2.16. The lowest BCUT2D eigenvalue weighted by Crippen LogP contribution is -2.22. The van der Waals surface area contributed by atoms with E-state index in [0.717, 1.165) is 26.7 Å². The molecule has 220 valence electrons. The van der Waals surface area contributed by atoms with Gasteiger partial charge in [0.05, 0.1) is 24.2 Å². The third-order valence-electron chi connectivity index (χ3n) is 6.51. The predicted molar refractivity (Wildman–Crippen MR) is 165 cm³/mol. The summed E-state index contributed by atoms with van der Waals surface area (Å²) >= 11 is 3.42. The van der Waals surface area contributed by atoms with Gasteiger partial charge in [-0.25, -0.2) is 19.0 Å². The Hall–Kier alpha value is -4.97. The fourth-order valence-corrected chi connectivity index (χ4v) is 4.45. The topological polar surface area (TPSA) is 118 Å². The minimum absolute atomic E-state index is 0.148. The number of hydrogen-bond donors (Lipinski definition) is 0. The Kier molecular flexibility index (Phi) is 9.16. The van der Waals surface area contributed by atoms with Crippen LogP contribution in [0.5, 0.6) is 6.01 Å². The monoisotopic (exact) mass is 644 g/mol. The summed E-state index contributed by atoms with van der Waals surface area (Å²) in [6.07, 6.45) is 1.56. The molecule has 12 heteroatoms. The van der Waals surface area contributed by atoms with Crippen LogP contribution >= 0.6 is 15.9 Å². The van der Waals surface area contributed by atoms with Gasteiger partial charge in [0.1, 0.15) is 18.6 Å². The van der Waals surface area contributed by atoms with Crippen LogP contribution in [0.1, 0.15) is 36.2 Å². The molecule has 0 saturated carbocycles. The van der Waals surface area contributed by atoms with Gasteiger partial charge in [0.15, 0.2) is 6.61 Å². The number of methoxy groups -OCH3 is 1. The summed E-state index contributed by atoms with van der Waals surface area (Å²) in [7, 11) is 3.04. The maximum absolute atomic E-state index is 12.6. The third kappa shape index (κ3) is 6.92. The number of hydrogen-bond acceptors (Lipinski definition) is 9. The summed E-state index contributed by atoms with van der Waals surface area (Å²) in [6.45, 7) is 4.06. The first-order valence-corrected chi connectivity index (χ1v) is 14.1. The first-order valence-electron chi connectivity index (χ1n) is 13.3. The summed E-state index contributed by atoms with van der Waals surface area (Å²) < 4.78 is 14.5. The maximum atomic E-state index is 12.6. The molecule has 11 nitrogen and oxygen atoms in total. The van der Waals surface area contributed by atoms with Gasteiger partial charge in [-0.1, -0.05) is 68.7 Å². The molecule has 5 rings (SSSR count). The van der Waals surface area contributed by atoms with Gasteiger partial charge in [-0.2, -0.15) is 0 Å². The summed E-state index contributed by atoms with van der Waals surface area (Å²) in [5.41, 5.74) is 5.76. The standard InChI is InChI=1S/C31H29BrN6O5/c1-20(35-42-17-25-7-5-6-8-28(25)38-30(40-4)34-37(3)31(38)39)22-9-11-23(12-10-22)21(2)36-43-19-27-18-41-29(33-27)24-13-15-26(32)16-14-24/h5-16,18H,17,19H2,1-4H3/b35-20+,36-21+. The zero-order valence-corrected chi connectivity index (χ0v) is 25.6. The molecule has 0 radical (unpaired) electrons. The van der Waals surface area contributed by atoms with Gasteiger partial charge in [0, 0.05) is 22.6 Å². The fourth-order valence-electron chi connectivity index (χ4n) is 4.18. The van der Waals surface area contributed by atoms with Crippen molar-refractivity contribution in [3.8, 4) is 23.2 Å². The van der Waals surface area contributed by atoms with Gasteiger partial charge in [-0.05, 0) is 55.3 Å². The Morgan fingerprint density at radius 2 is 1.53 bits per heavy atom. The highest BCUT2D eigenvalue weighted by molar-refractivity contribution is 9.10. The molecule has 0 aliphatic carbocycles. The average molecular weight is 646 g/mol. The minimum Gasteiger partial charge on any atom is -0.467 e. The smallest absolute Gasteiger partial charge is 0.353 e. The molecular weight excluding hydrogens is 616 g/mol. The van der Waals surface area contributed by atoms with Crippen LogP contribution < -0.4 is 10.4 Å². The molecule has 0 N–H and O–H groups in total. The predicted octanol–water partition coefficient (Wildman–Crippen LogP) is 5.88. The van der Waals surface area contributed by atoms with E-state index in [9.17, 15) is 4.79 Å². The Balaban J connectivity index is 1.18. The van der Waals surface area contributed by atoms with Crippen LogP contribution in [-0.2, 0) is 29.9 Å². The second-order valence-electron chi connectivity index (χ2n) is 9.49. The zero-order valence-electron chi connectivity index (χ0n) is 24.0. The SMILES string of the molecule is COc1nn(C)c(=O)n1-c1ccccc1CO/N=C(\C)c1ccc(/C(C)=N/OCc2coc(-c3ccc(Br)cc3)n2)cc1. The molecule has 0 fully saturated rings. The average Bonchev–Trinajstić information content (AvgIpc) is 3.61. The highest BCUT2D eigenvalue weighted by atomic mass is 79.9. The summed E-state index contributed by atoms with van der Waals surface area (Å²) in [6, 6.07) is 23.0. The van der Waals surface area contributed by atoms with E-state index < -0.39 is 0 Å². The van der Waals surface area contributed by atoms with E-state index in [2.05, 4.69) is 36.3 Å². The van der Waals surface area contributed by atoms with Crippen LogP contribution in [0.3, 0.4) is 0 Å². The number of nitrogens with zero attached hydrogens (tertiary/aromatic N) is 6. The maximum Gasteiger partial charge on any atom is 0.353 e. The van der Waals surface area contributed by atoms with E-state index in [0.29, 0.717) is 28.7 Å². The molecule has 0 spiro atoms. The second-order valence-corrected chi connectivity index (χ2v) is 10.4. The van der Waals surface area contributed by atoms with Gasteiger partial charge in [-0.3, -0.25) is 0 Å². The molecule has 0 aliphatic heterocycles. The van der Waals surface area contributed by atoms with Gasteiger partial charge in [0.2, 0.25) is 5.89 Å². The summed E-state index contributed by atoms with van der Waals surface area (Å²) in [5, 5.41) is 12.6. The Labute approximate surface area is 256 Å². The van der Waals surface area contributed by atoms with E-state index in [1.54, 1.807) is 19.4 Å². The molecule has 5 aromatic rings. The second kappa shape index (κ2) is 13.3. The van der Waals surface area contributed by atoms with Crippen LogP contribution in [0, 0.1) is 0 Å². The molecular formula is C31H29BrN6O5. The van der Waals surface area contributed by atoms with E-state index in [1.165, 1.54) is 16.4 Å².